The zero-order valence-corrected chi connectivity index (χ0v) is 16.2. The van der Waals surface area contributed by atoms with E-state index in [4.69, 9.17) is 39.5 Å². The summed E-state index contributed by atoms with van der Waals surface area (Å²) >= 11 is 17.8. The molecule has 0 aliphatic carbocycles. The zero-order chi connectivity index (χ0) is 18.9. The van der Waals surface area contributed by atoms with Gasteiger partial charge in [0.25, 0.3) is 0 Å². The van der Waals surface area contributed by atoms with Gasteiger partial charge in [-0.05, 0) is 30.3 Å². The van der Waals surface area contributed by atoms with E-state index in [-0.39, 0.29) is 23.0 Å². The van der Waals surface area contributed by atoms with E-state index in [2.05, 4.69) is 4.72 Å². The number of nitrogens with one attached hydrogen (secondary N) is 1. The van der Waals surface area contributed by atoms with Crippen LogP contribution in [0.4, 0.5) is 10.5 Å². The molecule has 6 nitrogen and oxygen atoms in total. The molecule has 1 aliphatic rings. The lowest BCUT2D eigenvalue weighted by molar-refractivity contribution is 0.143. The predicted molar refractivity (Wildman–Crippen MR) is 101 cm³/mol. The van der Waals surface area contributed by atoms with Crippen molar-refractivity contribution in [2.24, 2.45) is 0 Å². The van der Waals surface area contributed by atoms with Crippen molar-refractivity contribution in [2.45, 2.75) is 11.0 Å². The molecule has 2 aromatic rings. The lowest BCUT2D eigenvalue weighted by Gasteiger charge is -2.14. The summed E-state index contributed by atoms with van der Waals surface area (Å²) in [5, 5.41) is 0.785. The fraction of sp³-hybridized carbons (Fsp3) is 0.188. The fourth-order valence-electron chi connectivity index (χ4n) is 2.43. The Bertz CT molecular complexity index is 952. The summed E-state index contributed by atoms with van der Waals surface area (Å²) < 4.78 is 32.3. The largest absolute Gasteiger partial charge is 0.443 e. The van der Waals surface area contributed by atoms with Crippen LogP contribution in [-0.4, -0.2) is 33.7 Å². The van der Waals surface area contributed by atoms with Crippen LogP contribution in [0, 0.1) is 0 Å². The van der Waals surface area contributed by atoms with Crippen LogP contribution in [0.5, 0.6) is 0 Å². The topological polar surface area (TPSA) is 75.7 Å². The highest BCUT2D eigenvalue weighted by Crippen LogP contribution is 2.29. The van der Waals surface area contributed by atoms with Crippen LogP contribution < -0.4 is 9.62 Å². The molecule has 1 saturated heterocycles. The van der Waals surface area contributed by atoms with Crippen molar-refractivity contribution in [2.75, 3.05) is 18.0 Å². The number of halogens is 3. The first-order valence-electron chi connectivity index (χ1n) is 7.45. The number of sulfonamides is 1. The molecule has 26 heavy (non-hydrogen) atoms. The number of amides is 1. The average Bonchev–Trinajstić information content (AvgIpc) is 2.97. The van der Waals surface area contributed by atoms with Gasteiger partial charge < -0.3 is 4.74 Å². The van der Waals surface area contributed by atoms with E-state index in [1.165, 1.54) is 17.0 Å². The third-order valence-electron chi connectivity index (χ3n) is 3.72. The minimum Gasteiger partial charge on any atom is -0.443 e. The summed E-state index contributed by atoms with van der Waals surface area (Å²) in [5.41, 5.74) is 0.515. The smallest absolute Gasteiger partial charge is 0.414 e. The molecule has 138 valence electrons. The molecule has 0 saturated carbocycles. The van der Waals surface area contributed by atoms with Gasteiger partial charge in [-0.3, -0.25) is 4.90 Å². The number of anilines is 1. The third-order valence-corrected chi connectivity index (χ3v) is 6.38. The molecule has 1 heterocycles. The number of hydrogen-bond acceptors (Lipinski definition) is 4. The van der Waals surface area contributed by atoms with Crippen LogP contribution in [0.3, 0.4) is 0 Å². The van der Waals surface area contributed by atoms with Gasteiger partial charge in [-0.1, -0.05) is 46.9 Å². The quantitative estimate of drug-likeness (QED) is 0.771. The van der Waals surface area contributed by atoms with Gasteiger partial charge in [-0.25, -0.2) is 17.9 Å². The molecule has 1 aliphatic heterocycles. The van der Waals surface area contributed by atoms with Gasteiger partial charge in [0, 0.05) is 12.2 Å². The van der Waals surface area contributed by atoms with Crippen molar-refractivity contribution in [3.8, 4) is 0 Å². The predicted octanol–water partition coefficient (Wildman–Crippen LogP) is 3.95. The summed E-state index contributed by atoms with van der Waals surface area (Å²) in [6.45, 7) is 0.0823. The number of ether oxygens (including phenoxy) is 1. The number of rotatable bonds is 5. The molecule has 1 amide bonds. The van der Waals surface area contributed by atoms with Gasteiger partial charge in [0.05, 0.1) is 21.6 Å². The second kappa shape index (κ2) is 7.62. The zero-order valence-electron chi connectivity index (χ0n) is 13.2. The Balaban J connectivity index is 1.68. The first-order chi connectivity index (χ1) is 12.3. The first-order valence-corrected chi connectivity index (χ1v) is 10.1. The summed E-state index contributed by atoms with van der Waals surface area (Å²) in [4.78, 5) is 13.4. The normalized spacial score (nSPS) is 17.4. The lowest BCUT2D eigenvalue weighted by atomic mass is 10.2. The first kappa shape index (κ1) is 19.3. The number of cyclic esters (lactones) is 1. The van der Waals surface area contributed by atoms with Crippen LogP contribution >= 0.6 is 34.8 Å². The van der Waals surface area contributed by atoms with Crippen LogP contribution in [0.15, 0.2) is 47.4 Å². The van der Waals surface area contributed by atoms with E-state index in [0.29, 0.717) is 15.7 Å². The van der Waals surface area contributed by atoms with E-state index in [0.717, 1.165) is 0 Å². The molecule has 1 N–H and O–H groups in total. The summed E-state index contributed by atoms with van der Waals surface area (Å²) in [7, 11) is -3.82. The molecule has 0 spiro atoms. The summed E-state index contributed by atoms with van der Waals surface area (Å²) in [6, 6.07) is 10.8. The van der Waals surface area contributed by atoms with Gasteiger partial charge in [0.15, 0.2) is 0 Å². The third kappa shape index (κ3) is 4.07. The Morgan fingerprint density at radius 3 is 2.50 bits per heavy atom. The SMILES string of the molecule is O=C1OC(CNS(=O)(=O)c2ccccc2Cl)CN1c1ccc(Cl)c(Cl)c1. The minimum atomic E-state index is -3.82. The molecule has 0 aromatic heterocycles. The fourth-order valence-corrected chi connectivity index (χ4v) is 4.31. The van der Waals surface area contributed by atoms with E-state index >= 15 is 0 Å². The molecule has 1 unspecified atom stereocenters. The Kier molecular flexibility index (Phi) is 5.64. The summed E-state index contributed by atoms with van der Waals surface area (Å²) in [5.74, 6) is 0. The Hall–Kier alpha value is -1.51. The van der Waals surface area contributed by atoms with Crippen molar-refractivity contribution in [1.29, 1.82) is 0 Å². The van der Waals surface area contributed by atoms with Crippen LogP contribution in [0.2, 0.25) is 15.1 Å². The van der Waals surface area contributed by atoms with Crippen molar-refractivity contribution in [3.63, 3.8) is 0 Å². The highest BCUT2D eigenvalue weighted by molar-refractivity contribution is 7.89. The van der Waals surface area contributed by atoms with Crippen LogP contribution in [0.25, 0.3) is 0 Å². The van der Waals surface area contributed by atoms with Crippen molar-refractivity contribution in [3.05, 3.63) is 57.5 Å². The lowest BCUT2D eigenvalue weighted by Crippen LogP contribution is -2.34. The van der Waals surface area contributed by atoms with Gasteiger partial charge in [0.2, 0.25) is 10.0 Å². The highest BCUT2D eigenvalue weighted by atomic mass is 35.5. The molecule has 3 rings (SSSR count). The van der Waals surface area contributed by atoms with Gasteiger partial charge in [0.1, 0.15) is 11.0 Å². The Labute approximate surface area is 165 Å². The van der Waals surface area contributed by atoms with E-state index in [1.807, 2.05) is 0 Å². The minimum absolute atomic E-state index is 0.0349. The van der Waals surface area contributed by atoms with Crippen molar-refractivity contribution >= 4 is 56.6 Å². The van der Waals surface area contributed by atoms with E-state index in [9.17, 15) is 13.2 Å². The number of nitrogens with zero attached hydrogens (tertiary/aromatic N) is 1. The molecule has 2 aromatic carbocycles. The molecule has 0 radical (unpaired) electrons. The Morgan fingerprint density at radius 2 is 1.81 bits per heavy atom. The maximum atomic E-state index is 12.3. The number of benzene rings is 2. The average molecular weight is 436 g/mol. The van der Waals surface area contributed by atoms with Gasteiger partial charge in [-0.15, -0.1) is 0 Å². The Morgan fingerprint density at radius 1 is 1.08 bits per heavy atom. The molecule has 0 bridgehead atoms. The summed E-state index contributed by atoms with van der Waals surface area (Å²) in [6.07, 6.45) is -1.25. The molecular weight excluding hydrogens is 423 g/mol. The van der Waals surface area contributed by atoms with Crippen molar-refractivity contribution < 1.29 is 17.9 Å². The monoisotopic (exact) mass is 434 g/mol. The van der Waals surface area contributed by atoms with E-state index in [1.54, 1.807) is 30.3 Å². The second-order valence-electron chi connectivity index (χ2n) is 5.50. The van der Waals surface area contributed by atoms with Crippen LogP contribution in [-0.2, 0) is 14.8 Å². The van der Waals surface area contributed by atoms with Crippen LogP contribution in [0.1, 0.15) is 0 Å². The maximum absolute atomic E-state index is 12.3. The number of carbonyl (C=O) groups excluding carboxylic acids is 1. The maximum Gasteiger partial charge on any atom is 0.414 e. The molecule has 1 fully saturated rings. The van der Waals surface area contributed by atoms with Gasteiger partial charge in [-0.2, -0.15) is 0 Å². The van der Waals surface area contributed by atoms with E-state index < -0.39 is 22.2 Å². The van der Waals surface area contributed by atoms with Crippen molar-refractivity contribution in [1.82, 2.24) is 4.72 Å². The molecule has 10 heteroatoms. The number of carbonyl (C=O) groups is 1. The number of hydrogen-bond donors (Lipinski definition) is 1. The van der Waals surface area contributed by atoms with Gasteiger partial charge >= 0.3 is 6.09 Å². The second-order valence-corrected chi connectivity index (χ2v) is 8.45. The standard InChI is InChI=1S/C16H13Cl3N2O4S/c17-12-6-5-10(7-14(12)19)21-9-11(25-16(21)22)8-20-26(23,24)15-4-2-1-3-13(15)18/h1-7,11,20H,8-9H2. The highest BCUT2D eigenvalue weighted by Gasteiger charge is 2.33. The molecule has 1 atom stereocenters. The molecular formula is C16H13Cl3N2O4S.